The van der Waals surface area contributed by atoms with Gasteiger partial charge < -0.3 is 14.4 Å². The number of carbonyl (C=O) groups excluding carboxylic acids is 2. The van der Waals surface area contributed by atoms with E-state index >= 15 is 0 Å². The van der Waals surface area contributed by atoms with Crippen molar-refractivity contribution in [1.29, 1.82) is 0 Å². The lowest BCUT2D eigenvalue weighted by molar-refractivity contribution is -0.146. The van der Waals surface area contributed by atoms with E-state index < -0.39 is 5.54 Å². The SMILES string of the molecule is COCN1C(=O)C(c2ccc(Cl)cc2Cl)=C(OC(=O)C2C(C)(C)C2(C)C)C1(C)C. The molecule has 1 aliphatic carbocycles. The zero-order valence-electron chi connectivity index (χ0n) is 17.9. The summed E-state index contributed by atoms with van der Waals surface area (Å²) in [5.74, 6) is -0.616. The van der Waals surface area contributed by atoms with E-state index in [9.17, 15) is 9.59 Å². The number of nitrogens with zero attached hydrogens (tertiary/aromatic N) is 1. The number of halogens is 2. The van der Waals surface area contributed by atoms with Crippen LogP contribution >= 0.6 is 23.2 Å². The van der Waals surface area contributed by atoms with Crippen LogP contribution in [-0.4, -0.2) is 36.2 Å². The van der Waals surface area contributed by atoms with E-state index in [0.29, 0.717) is 15.6 Å². The molecule has 29 heavy (non-hydrogen) atoms. The molecule has 5 nitrogen and oxygen atoms in total. The van der Waals surface area contributed by atoms with Crippen molar-refractivity contribution in [3.05, 3.63) is 39.6 Å². The van der Waals surface area contributed by atoms with Gasteiger partial charge in [-0.15, -0.1) is 0 Å². The lowest BCUT2D eigenvalue weighted by Gasteiger charge is -2.32. The third kappa shape index (κ3) is 3.28. The molecule has 0 saturated heterocycles. The minimum absolute atomic E-state index is 0.0575. The van der Waals surface area contributed by atoms with E-state index in [1.54, 1.807) is 18.2 Å². The van der Waals surface area contributed by atoms with Gasteiger partial charge in [-0.2, -0.15) is 0 Å². The van der Waals surface area contributed by atoms with Crippen LogP contribution in [0.25, 0.3) is 5.57 Å². The molecule has 7 heteroatoms. The molecule has 3 rings (SSSR count). The zero-order chi connectivity index (χ0) is 21.9. The molecule has 1 aliphatic heterocycles. The lowest BCUT2D eigenvalue weighted by Crippen LogP contribution is -2.45. The lowest BCUT2D eigenvalue weighted by atomic mass is 9.98. The third-order valence-electron chi connectivity index (χ3n) is 6.83. The second-order valence-electron chi connectivity index (χ2n) is 9.34. The summed E-state index contributed by atoms with van der Waals surface area (Å²) in [5, 5.41) is 0.773. The Kier molecular flexibility index (Phi) is 5.34. The summed E-state index contributed by atoms with van der Waals surface area (Å²) in [6, 6.07) is 4.89. The predicted octanol–water partition coefficient (Wildman–Crippen LogP) is 5.15. The maximum absolute atomic E-state index is 13.3. The van der Waals surface area contributed by atoms with Gasteiger partial charge in [-0.25, -0.2) is 0 Å². The van der Waals surface area contributed by atoms with Gasteiger partial charge in [0.15, 0.2) is 0 Å². The van der Waals surface area contributed by atoms with Crippen LogP contribution in [0.15, 0.2) is 24.0 Å². The first-order valence-electron chi connectivity index (χ1n) is 9.51. The Labute approximate surface area is 181 Å². The van der Waals surface area contributed by atoms with Gasteiger partial charge in [-0.05, 0) is 36.8 Å². The average Bonchev–Trinajstić information content (AvgIpc) is 2.93. The number of carbonyl (C=O) groups is 2. The van der Waals surface area contributed by atoms with Crippen molar-refractivity contribution in [3.63, 3.8) is 0 Å². The normalized spacial score (nSPS) is 22.2. The first-order valence-corrected chi connectivity index (χ1v) is 10.3. The fourth-order valence-electron chi connectivity index (χ4n) is 4.31. The molecule has 158 valence electrons. The highest BCUT2D eigenvalue weighted by atomic mass is 35.5. The van der Waals surface area contributed by atoms with Gasteiger partial charge in [-0.3, -0.25) is 9.59 Å². The highest BCUT2D eigenvalue weighted by Crippen LogP contribution is 2.69. The number of methoxy groups -OCH3 is 1. The Bertz CT molecular complexity index is 903. The van der Waals surface area contributed by atoms with Crippen LogP contribution in [0, 0.1) is 16.7 Å². The van der Waals surface area contributed by atoms with Crippen LogP contribution in [-0.2, 0) is 19.1 Å². The summed E-state index contributed by atoms with van der Waals surface area (Å²) >= 11 is 12.4. The van der Waals surface area contributed by atoms with Crippen molar-refractivity contribution < 1.29 is 19.1 Å². The Morgan fingerprint density at radius 1 is 1.10 bits per heavy atom. The van der Waals surface area contributed by atoms with Crippen molar-refractivity contribution in [2.75, 3.05) is 13.8 Å². The van der Waals surface area contributed by atoms with Crippen molar-refractivity contribution in [2.45, 2.75) is 47.1 Å². The molecule has 1 amide bonds. The summed E-state index contributed by atoms with van der Waals surface area (Å²) in [5.41, 5.74) is -0.503. The summed E-state index contributed by atoms with van der Waals surface area (Å²) in [7, 11) is 1.51. The average molecular weight is 440 g/mol. The molecule has 1 fully saturated rings. The Morgan fingerprint density at radius 3 is 2.17 bits per heavy atom. The van der Waals surface area contributed by atoms with Gasteiger partial charge in [-0.1, -0.05) is 57.0 Å². The molecule has 1 aromatic rings. The predicted molar refractivity (Wildman–Crippen MR) is 113 cm³/mol. The zero-order valence-corrected chi connectivity index (χ0v) is 19.4. The van der Waals surface area contributed by atoms with Gasteiger partial charge in [0.2, 0.25) is 0 Å². The van der Waals surface area contributed by atoms with Gasteiger partial charge >= 0.3 is 5.97 Å². The smallest absolute Gasteiger partial charge is 0.315 e. The van der Waals surface area contributed by atoms with E-state index in [0.717, 1.165) is 0 Å². The fourth-order valence-corrected chi connectivity index (χ4v) is 4.82. The summed E-state index contributed by atoms with van der Waals surface area (Å²) in [4.78, 5) is 27.9. The molecule has 0 unspecified atom stereocenters. The number of hydrogen-bond acceptors (Lipinski definition) is 4. The van der Waals surface area contributed by atoms with Crippen LogP contribution in [0.2, 0.25) is 10.0 Å². The van der Waals surface area contributed by atoms with E-state index in [4.69, 9.17) is 32.7 Å². The van der Waals surface area contributed by atoms with Crippen LogP contribution in [0.1, 0.15) is 47.1 Å². The van der Waals surface area contributed by atoms with Crippen molar-refractivity contribution in [2.24, 2.45) is 16.7 Å². The number of hydrogen-bond donors (Lipinski definition) is 0. The number of amides is 1. The fraction of sp³-hybridized carbons (Fsp3) is 0.545. The molecule has 0 spiro atoms. The quantitative estimate of drug-likeness (QED) is 0.594. The Morgan fingerprint density at radius 2 is 1.69 bits per heavy atom. The second-order valence-corrected chi connectivity index (χ2v) is 10.2. The molecule has 1 aromatic carbocycles. The summed E-state index contributed by atoms with van der Waals surface area (Å²) < 4.78 is 11.2. The second kappa shape index (κ2) is 7.00. The Hall–Kier alpha value is -1.56. The van der Waals surface area contributed by atoms with Crippen molar-refractivity contribution >= 4 is 40.7 Å². The van der Waals surface area contributed by atoms with Gasteiger partial charge in [0.25, 0.3) is 5.91 Å². The number of benzene rings is 1. The van der Waals surface area contributed by atoms with Gasteiger partial charge in [0.05, 0.1) is 22.1 Å². The van der Waals surface area contributed by atoms with Crippen molar-refractivity contribution in [3.8, 4) is 0 Å². The molecule has 0 bridgehead atoms. The highest BCUT2D eigenvalue weighted by molar-refractivity contribution is 6.38. The summed E-state index contributed by atoms with van der Waals surface area (Å²) in [6.45, 7) is 11.9. The van der Waals surface area contributed by atoms with Gasteiger partial charge in [0.1, 0.15) is 12.5 Å². The monoisotopic (exact) mass is 439 g/mol. The van der Waals surface area contributed by atoms with Crippen LogP contribution < -0.4 is 0 Å². The minimum atomic E-state index is -0.885. The maximum Gasteiger partial charge on any atom is 0.315 e. The van der Waals surface area contributed by atoms with E-state index in [2.05, 4.69) is 0 Å². The minimum Gasteiger partial charge on any atom is -0.427 e. The number of esters is 1. The van der Waals surface area contributed by atoms with Crippen molar-refractivity contribution in [1.82, 2.24) is 4.90 Å². The summed E-state index contributed by atoms with van der Waals surface area (Å²) in [6.07, 6.45) is 0. The first-order chi connectivity index (χ1) is 13.3. The maximum atomic E-state index is 13.3. The third-order valence-corrected chi connectivity index (χ3v) is 7.38. The molecule has 0 radical (unpaired) electrons. The highest BCUT2D eigenvalue weighted by Gasteiger charge is 2.69. The molecule has 1 heterocycles. The Balaban J connectivity index is 2.10. The molecule has 0 atom stereocenters. The largest absolute Gasteiger partial charge is 0.427 e. The standard InChI is InChI=1S/C22H27Cl2NO4/c1-20(2)16(21(20,3)4)19(27)29-17-15(13-9-8-12(23)10-14(13)24)18(26)25(11-28-7)22(17,5)6/h8-10,16H,11H2,1-7H3. The van der Waals surface area contributed by atoms with E-state index in [1.807, 2.05) is 41.5 Å². The molecular formula is C22H27Cl2NO4. The van der Waals surface area contributed by atoms with E-state index in [-0.39, 0.29) is 46.7 Å². The molecule has 0 aromatic heterocycles. The molecule has 0 N–H and O–H groups in total. The van der Waals surface area contributed by atoms with E-state index in [1.165, 1.54) is 12.0 Å². The number of rotatable bonds is 5. The first kappa shape index (κ1) is 22.1. The van der Waals surface area contributed by atoms with Gasteiger partial charge in [0, 0.05) is 17.7 Å². The molecule has 2 aliphatic rings. The van der Waals surface area contributed by atoms with Crippen LogP contribution in [0.3, 0.4) is 0 Å². The van der Waals surface area contributed by atoms with Crippen LogP contribution in [0.4, 0.5) is 0 Å². The topological polar surface area (TPSA) is 55.8 Å². The van der Waals surface area contributed by atoms with Crippen LogP contribution in [0.5, 0.6) is 0 Å². The number of ether oxygens (including phenoxy) is 2. The molecular weight excluding hydrogens is 413 g/mol. The molecule has 1 saturated carbocycles.